The van der Waals surface area contributed by atoms with Gasteiger partial charge in [0.05, 0.1) is 0 Å². The molecular weight excluding hydrogens is 227 g/mol. The zero-order chi connectivity index (χ0) is 12.8. The maximum atomic E-state index is 13.9. The second-order valence-electron chi connectivity index (χ2n) is 4.24. The monoisotopic (exact) mass is 244 g/mol. The summed E-state index contributed by atoms with van der Waals surface area (Å²) in [5, 5.41) is 3.19. The molecule has 1 N–H and O–H groups in total. The Balaban J connectivity index is 2.10. The Morgan fingerprint density at radius 3 is 2.56 bits per heavy atom. The second kappa shape index (κ2) is 6.26. The molecule has 1 aromatic heterocycles. The van der Waals surface area contributed by atoms with Crippen molar-refractivity contribution in [1.82, 2.24) is 10.3 Å². The molecule has 0 aliphatic carbocycles. The van der Waals surface area contributed by atoms with Gasteiger partial charge in [-0.1, -0.05) is 19.1 Å². The number of rotatable bonds is 5. The summed E-state index contributed by atoms with van der Waals surface area (Å²) in [6.07, 6.45) is 4.06. The van der Waals surface area contributed by atoms with Gasteiger partial charge >= 0.3 is 0 Å². The lowest BCUT2D eigenvalue weighted by Crippen LogP contribution is -2.12. The van der Waals surface area contributed by atoms with E-state index >= 15 is 0 Å². The largest absolute Gasteiger partial charge is 0.313 e. The summed E-state index contributed by atoms with van der Waals surface area (Å²) in [5.74, 6) is -0.137. The Morgan fingerprint density at radius 2 is 1.89 bits per heavy atom. The van der Waals surface area contributed by atoms with Crippen LogP contribution in [0.5, 0.6) is 0 Å². The van der Waals surface area contributed by atoms with E-state index in [1.165, 1.54) is 0 Å². The number of nitrogens with zero attached hydrogens (tertiary/aromatic N) is 1. The summed E-state index contributed by atoms with van der Waals surface area (Å²) in [4.78, 5) is 3.96. The van der Waals surface area contributed by atoms with Gasteiger partial charge in [0.25, 0.3) is 0 Å². The van der Waals surface area contributed by atoms with E-state index in [0.29, 0.717) is 13.0 Å². The standard InChI is InChI=1S/C15H17FN2/c1-2-17-11-13-3-4-14(15(16)10-13)9-12-5-7-18-8-6-12/h3-8,10,17H,2,9,11H2,1H3. The molecule has 0 amide bonds. The minimum atomic E-state index is -0.137. The molecule has 2 aromatic rings. The fourth-order valence-corrected chi connectivity index (χ4v) is 1.83. The van der Waals surface area contributed by atoms with Gasteiger partial charge in [0.15, 0.2) is 0 Å². The van der Waals surface area contributed by atoms with Crippen molar-refractivity contribution < 1.29 is 4.39 Å². The first kappa shape index (κ1) is 12.7. The summed E-state index contributed by atoms with van der Waals surface area (Å²) < 4.78 is 13.9. The molecule has 0 aliphatic rings. The zero-order valence-corrected chi connectivity index (χ0v) is 10.5. The Hall–Kier alpha value is -1.74. The third-order valence-electron chi connectivity index (χ3n) is 2.84. The van der Waals surface area contributed by atoms with Gasteiger partial charge in [-0.25, -0.2) is 4.39 Å². The van der Waals surface area contributed by atoms with E-state index < -0.39 is 0 Å². The van der Waals surface area contributed by atoms with Crippen LogP contribution in [0.2, 0.25) is 0 Å². The fraction of sp³-hybridized carbons (Fsp3) is 0.267. The number of hydrogen-bond donors (Lipinski definition) is 1. The lowest BCUT2D eigenvalue weighted by molar-refractivity contribution is 0.608. The molecule has 0 unspecified atom stereocenters. The highest BCUT2D eigenvalue weighted by molar-refractivity contribution is 5.29. The SMILES string of the molecule is CCNCc1ccc(Cc2ccncc2)c(F)c1. The van der Waals surface area contributed by atoms with Crippen LogP contribution in [0.1, 0.15) is 23.6 Å². The molecule has 0 spiro atoms. The first-order valence-corrected chi connectivity index (χ1v) is 6.16. The summed E-state index contributed by atoms with van der Waals surface area (Å²) >= 11 is 0. The number of nitrogens with one attached hydrogen (secondary N) is 1. The average molecular weight is 244 g/mol. The van der Waals surface area contributed by atoms with E-state index in [0.717, 1.165) is 23.2 Å². The van der Waals surface area contributed by atoms with Gasteiger partial charge in [-0.15, -0.1) is 0 Å². The molecule has 0 fully saturated rings. The van der Waals surface area contributed by atoms with Crippen molar-refractivity contribution in [1.29, 1.82) is 0 Å². The van der Waals surface area contributed by atoms with Crippen molar-refractivity contribution in [3.8, 4) is 0 Å². The summed E-state index contributed by atoms with van der Waals surface area (Å²) in [6.45, 7) is 3.64. The van der Waals surface area contributed by atoms with Crippen LogP contribution < -0.4 is 5.32 Å². The second-order valence-corrected chi connectivity index (χ2v) is 4.24. The Labute approximate surface area is 107 Å². The highest BCUT2D eigenvalue weighted by Gasteiger charge is 2.04. The van der Waals surface area contributed by atoms with E-state index in [2.05, 4.69) is 10.3 Å². The molecule has 2 rings (SSSR count). The van der Waals surface area contributed by atoms with Gasteiger partial charge in [0.1, 0.15) is 5.82 Å². The first-order valence-electron chi connectivity index (χ1n) is 6.16. The fourth-order valence-electron chi connectivity index (χ4n) is 1.83. The van der Waals surface area contributed by atoms with Crippen LogP contribution in [-0.4, -0.2) is 11.5 Å². The predicted molar refractivity (Wildman–Crippen MR) is 70.8 cm³/mol. The average Bonchev–Trinajstić information content (AvgIpc) is 2.40. The van der Waals surface area contributed by atoms with Crippen molar-refractivity contribution in [3.05, 3.63) is 65.2 Å². The summed E-state index contributed by atoms with van der Waals surface area (Å²) in [5.41, 5.74) is 2.78. The smallest absolute Gasteiger partial charge is 0.127 e. The van der Waals surface area contributed by atoms with Crippen LogP contribution >= 0.6 is 0 Å². The van der Waals surface area contributed by atoms with E-state index in [4.69, 9.17) is 0 Å². The molecule has 1 aromatic carbocycles. The summed E-state index contributed by atoms with van der Waals surface area (Å²) in [7, 11) is 0. The maximum Gasteiger partial charge on any atom is 0.127 e. The Kier molecular flexibility index (Phi) is 4.42. The van der Waals surface area contributed by atoms with Crippen molar-refractivity contribution in [2.45, 2.75) is 19.9 Å². The lowest BCUT2D eigenvalue weighted by atomic mass is 10.0. The molecule has 0 bridgehead atoms. The maximum absolute atomic E-state index is 13.9. The number of benzene rings is 1. The molecule has 2 nitrogen and oxygen atoms in total. The molecule has 0 aliphatic heterocycles. The van der Waals surface area contributed by atoms with Gasteiger partial charge in [0.2, 0.25) is 0 Å². The Morgan fingerprint density at radius 1 is 1.11 bits per heavy atom. The highest BCUT2D eigenvalue weighted by atomic mass is 19.1. The van der Waals surface area contributed by atoms with Crippen LogP contribution in [0.25, 0.3) is 0 Å². The minimum absolute atomic E-state index is 0.137. The normalized spacial score (nSPS) is 10.6. The van der Waals surface area contributed by atoms with Crippen molar-refractivity contribution in [2.24, 2.45) is 0 Å². The van der Waals surface area contributed by atoms with Crippen LogP contribution in [0.15, 0.2) is 42.7 Å². The van der Waals surface area contributed by atoms with Crippen LogP contribution in [0.4, 0.5) is 4.39 Å². The number of pyridine rings is 1. The van der Waals surface area contributed by atoms with Gasteiger partial charge in [-0.2, -0.15) is 0 Å². The number of halogens is 1. The van der Waals surface area contributed by atoms with Crippen LogP contribution in [-0.2, 0) is 13.0 Å². The van der Waals surface area contributed by atoms with E-state index in [1.807, 2.05) is 31.2 Å². The van der Waals surface area contributed by atoms with Gasteiger partial charge < -0.3 is 5.32 Å². The molecular formula is C15H17FN2. The minimum Gasteiger partial charge on any atom is -0.313 e. The van der Waals surface area contributed by atoms with Crippen molar-refractivity contribution in [3.63, 3.8) is 0 Å². The molecule has 0 radical (unpaired) electrons. The predicted octanol–water partition coefficient (Wildman–Crippen LogP) is 2.92. The van der Waals surface area contributed by atoms with E-state index in [-0.39, 0.29) is 5.82 Å². The highest BCUT2D eigenvalue weighted by Crippen LogP contribution is 2.14. The first-order chi connectivity index (χ1) is 8.79. The van der Waals surface area contributed by atoms with Gasteiger partial charge in [0, 0.05) is 25.4 Å². The zero-order valence-electron chi connectivity index (χ0n) is 10.5. The third-order valence-corrected chi connectivity index (χ3v) is 2.84. The number of hydrogen-bond acceptors (Lipinski definition) is 2. The van der Waals surface area contributed by atoms with E-state index in [1.54, 1.807) is 18.5 Å². The quantitative estimate of drug-likeness (QED) is 0.874. The lowest BCUT2D eigenvalue weighted by Gasteiger charge is -2.07. The topological polar surface area (TPSA) is 24.9 Å². The van der Waals surface area contributed by atoms with Crippen molar-refractivity contribution >= 4 is 0 Å². The van der Waals surface area contributed by atoms with Gasteiger partial charge in [-0.05, 0) is 41.4 Å². The molecule has 3 heteroatoms. The molecule has 0 saturated carbocycles. The van der Waals surface area contributed by atoms with Gasteiger partial charge in [-0.3, -0.25) is 4.98 Å². The van der Waals surface area contributed by atoms with E-state index in [9.17, 15) is 4.39 Å². The summed E-state index contributed by atoms with van der Waals surface area (Å²) in [6, 6.07) is 9.27. The molecule has 94 valence electrons. The molecule has 0 atom stereocenters. The Bertz CT molecular complexity index is 497. The molecule has 1 heterocycles. The molecule has 0 saturated heterocycles. The molecule has 18 heavy (non-hydrogen) atoms. The number of aromatic nitrogens is 1. The van der Waals surface area contributed by atoms with Crippen molar-refractivity contribution in [2.75, 3.05) is 6.54 Å². The van der Waals surface area contributed by atoms with Crippen LogP contribution in [0.3, 0.4) is 0 Å². The third kappa shape index (κ3) is 3.37. The van der Waals surface area contributed by atoms with Crippen LogP contribution in [0, 0.1) is 5.82 Å².